The lowest BCUT2D eigenvalue weighted by Crippen LogP contribution is -2.49. The molecule has 0 fully saturated rings. The number of nitrogens with one attached hydrogen (secondary N) is 2. The van der Waals surface area contributed by atoms with Crippen LogP contribution in [0.2, 0.25) is 0 Å². The van der Waals surface area contributed by atoms with Crippen molar-refractivity contribution in [1.82, 2.24) is 20.1 Å². The third-order valence-corrected chi connectivity index (χ3v) is 5.89. The van der Waals surface area contributed by atoms with Gasteiger partial charge in [0.2, 0.25) is 18.1 Å². The molecule has 2 heterocycles. The number of aromatic nitrogens is 1. The maximum Gasteiger partial charge on any atom is 0.257 e. The van der Waals surface area contributed by atoms with Gasteiger partial charge in [-0.25, -0.2) is 0 Å². The third-order valence-electron chi connectivity index (χ3n) is 5.25. The standard InChI is InChI=1S/C22H30N4O5S/c1-5-26-12-15(20(27)14-10-18-19(11-17(14)26)31-13-30-18)21(28)24-16(6-9-32-4)22(29)23-7-8-25(2)3/h10-12,16H,5-9,13H2,1-4H3,(H,23,29)(H,24,28). The number of pyridine rings is 1. The number of carbonyl (C=O) groups is 2. The number of rotatable bonds is 10. The topological polar surface area (TPSA) is 102 Å². The number of benzene rings is 1. The number of aryl methyl sites for hydroxylation is 1. The maximum atomic E-state index is 13.2. The van der Waals surface area contributed by atoms with Crippen molar-refractivity contribution >= 4 is 34.5 Å². The highest BCUT2D eigenvalue weighted by Crippen LogP contribution is 2.35. The molecule has 1 aromatic carbocycles. The second-order valence-corrected chi connectivity index (χ2v) is 8.77. The van der Waals surface area contributed by atoms with E-state index in [1.54, 1.807) is 23.9 Å². The molecule has 2 amide bonds. The molecule has 0 saturated carbocycles. The molecule has 3 rings (SSSR count). The van der Waals surface area contributed by atoms with Gasteiger partial charge < -0.3 is 29.6 Å². The van der Waals surface area contributed by atoms with Crippen molar-refractivity contribution in [2.24, 2.45) is 0 Å². The van der Waals surface area contributed by atoms with Crippen LogP contribution < -0.4 is 25.5 Å². The minimum Gasteiger partial charge on any atom is -0.454 e. The molecular weight excluding hydrogens is 432 g/mol. The van der Waals surface area contributed by atoms with E-state index in [2.05, 4.69) is 10.6 Å². The zero-order valence-corrected chi connectivity index (χ0v) is 19.7. The highest BCUT2D eigenvalue weighted by Gasteiger charge is 2.24. The molecule has 0 aliphatic carbocycles. The van der Waals surface area contributed by atoms with Crippen LogP contribution in [-0.2, 0) is 11.3 Å². The van der Waals surface area contributed by atoms with E-state index in [9.17, 15) is 14.4 Å². The van der Waals surface area contributed by atoms with Gasteiger partial charge in [0.15, 0.2) is 11.5 Å². The molecule has 1 unspecified atom stereocenters. The molecule has 0 bridgehead atoms. The van der Waals surface area contributed by atoms with Crippen LogP contribution in [0.25, 0.3) is 10.9 Å². The number of hydrogen-bond acceptors (Lipinski definition) is 7. The average molecular weight is 463 g/mol. The number of nitrogens with zero attached hydrogens (tertiary/aromatic N) is 2. The fourth-order valence-corrected chi connectivity index (χ4v) is 3.94. The summed E-state index contributed by atoms with van der Waals surface area (Å²) in [5.41, 5.74) is 0.254. The molecule has 0 spiro atoms. The van der Waals surface area contributed by atoms with Gasteiger partial charge in [0, 0.05) is 31.9 Å². The molecular formula is C22H30N4O5S. The zero-order chi connectivity index (χ0) is 23.3. The molecule has 32 heavy (non-hydrogen) atoms. The molecule has 10 heteroatoms. The Morgan fingerprint density at radius 2 is 1.97 bits per heavy atom. The van der Waals surface area contributed by atoms with Crippen molar-refractivity contribution in [2.45, 2.75) is 25.9 Å². The van der Waals surface area contributed by atoms with Gasteiger partial charge >= 0.3 is 0 Å². The Hall–Kier alpha value is -2.72. The molecule has 174 valence electrons. The number of carbonyl (C=O) groups excluding carboxylic acids is 2. The number of thioether (sulfide) groups is 1. The van der Waals surface area contributed by atoms with Crippen molar-refractivity contribution in [2.75, 3.05) is 46.0 Å². The summed E-state index contributed by atoms with van der Waals surface area (Å²) in [7, 11) is 3.84. The van der Waals surface area contributed by atoms with Crippen LogP contribution in [0.1, 0.15) is 23.7 Å². The van der Waals surface area contributed by atoms with Gasteiger partial charge in [0.05, 0.1) is 10.9 Å². The smallest absolute Gasteiger partial charge is 0.257 e. The molecule has 1 aliphatic rings. The normalized spacial score (nSPS) is 13.4. The Bertz CT molecular complexity index is 1050. The predicted molar refractivity (Wildman–Crippen MR) is 126 cm³/mol. The number of hydrogen-bond donors (Lipinski definition) is 2. The number of likely N-dealkylation sites (N-methyl/N-ethyl adjacent to an activating group) is 1. The number of fused-ring (bicyclic) bond motifs is 2. The lowest BCUT2D eigenvalue weighted by Gasteiger charge is -2.19. The second-order valence-electron chi connectivity index (χ2n) is 7.78. The van der Waals surface area contributed by atoms with Crippen molar-refractivity contribution in [3.8, 4) is 11.5 Å². The molecule has 1 atom stereocenters. The van der Waals surface area contributed by atoms with Crippen LogP contribution >= 0.6 is 11.8 Å². The van der Waals surface area contributed by atoms with Gasteiger partial charge in [-0.2, -0.15) is 11.8 Å². The Labute approximate surface area is 191 Å². The summed E-state index contributed by atoms with van der Waals surface area (Å²) in [4.78, 5) is 40.9. The van der Waals surface area contributed by atoms with Crippen LogP contribution in [-0.4, -0.2) is 73.3 Å². The van der Waals surface area contributed by atoms with Gasteiger partial charge in [-0.3, -0.25) is 14.4 Å². The SMILES string of the molecule is CCn1cc(C(=O)NC(CCSC)C(=O)NCCN(C)C)c(=O)c2cc3c(cc21)OCO3. The van der Waals surface area contributed by atoms with Gasteiger partial charge in [-0.1, -0.05) is 0 Å². The van der Waals surface area contributed by atoms with E-state index >= 15 is 0 Å². The molecule has 2 aromatic rings. The zero-order valence-electron chi connectivity index (χ0n) is 18.9. The first-order chi connectivity index (χ1) is 15.3. The summed E-state index contributed by atoms with van der Waals surface area (Å²) < 4.78 is 12.6. The minimum absolute atomic E-state index is 0.00606. The summed E-state index contributed by atoms with van der Waals surface area (Å²) in [6.07, 6.45) is 3.95. The quantitative estimate of drug-likeness (QED) is 0.548. The average Bonchev–Trinajstić information content (AvgIpc) is 3.23. The van der Waals surface area contributed by atoms with Gasteiger partial charge in [-0.05, 0) is 45.5 Å². The Balaban J connectivity index is 1.88. The first-order valence-electron chi connectivity index (χ1n) is 10.5. The lowest BCUT2D eigenvalue weighted by atomic mass is 10.1. The van der Waals surface area contributed by atoms with Crippen LogP contribution in [0.15, 0.2) is 23.1 Å². The highest BCUT2D eigenvalue weighted by molar-refractivity contribution is 7.98. The lowest BCUT2D eigenvalue weighted by molar-refractivity contribution is -0.123. The van der Waals surface area contributed by atoms with Crippen molar-refractivity contribution in [1.29, 1.82) is 0 Å². The summed E-state index contributed by atoms with van der Waals surface area (Å²) in [6, 6.07) is 2.64. The van der Waals surface area contributed by atoms with Gasteiger partial charge in [0.25, 0.3) is 5.91 Å². The highest BCUT2D eigenvalue weighted by atomic mass is 32.2. The summed E-state index contributed by atoms with van der Waals surface area (Å²) >= 11 is 1.59. The fourth-order valence-electron chi connectivity index (χ4n) is 3.47. The number of ether oxygens (including phenoxy) is 2. The minimum atomic E-state index is -0.723. The van der Waals surface area contributed by atoms with E-state index in [0.717, 1.165) is 0 Å². The van der Waals surface area contributed by atoms with Crippen LogP contribution in [0.3, 0.4) is 0 Å². The van der Waals surface area contributed by atoms with E-state index in [1.807, 2.05) is 36.7 Å². The van der Waals surface area contributed by atoms with Crippen LogP contribution in [0.5, 0.6) is 11.5 Å². The monoisotopic (exact) mass is 462 g/mol. The molecule has 1 aromatic heterocycles. The molecule has 1 aliphatic heterocycles. The Morgan fingerprint density at radius 1 is 1.25 bits per heavy atom. The van der Waals surface area contributed by atoms with E-state index < -0.39 is 17.4 Å². The van der Waals surface area contributed by atoms with Crippen molar-refractivity contribution in [3.63, 3.8) is 0 Å². The maximum absolute atomic E-state index is 13.2. The molecule has 2 N–H and O–H groups in total. The summed E-state index contributed by atoms with van der Waals surface area (Å²) in [5, 5.41) is 6.00. The summed E-state index contributed by atoms with van der Waals surface area (Å²) in [6.45, 7) is 3.74. The van der Waals surface area contributed by atoms with E-state index in [0.29, 0.717) is 54.2 Å². The first-order valence-corrected chi connectivity index (χ1v) is 11.9. The third kappa shape index (κ3) is 5.36. The second kappa shape index (κ2) is 10.7. The first kappa shape index (κ1) is 23.9. The number of amides is 2. The van der Waals surface area contributed by atoms with E-state index in [1.165, 1.54) is 6.20 Å². The fraction of sp³-hybridized carbons (Fsp3) is 0.500. The van der Waals surface area contributed by atoms with Gasteiger partial charge in [0.1, 0.15) is 11.6 Å². The predicted octanol–water partition coefficient (Wildman–Crippen LogP) is 1.28. The van der Waals surface area contributed by atoms with Crippen molar-refractivity contribution in [3.05, 3.63) is 34.1 Å². The Kier molecular flexibility index (Phi) is 8.03. The van der Waals surface area contributed by atoms with E-state index in [-0.39, 0.29) is 18.3 Å². The molecule has 0 radical (unpaired) electrons. The van der Waals surface area contributed by atoms with Crippen molar-refractivity contribution < 1.29 is 19.1 Å². The largest absolute Gasteiger partial charge is 0.454 e. The van der Waals surface area contributed by atoms with Gasteiger partial charge in [-0.15, -0.1) is 0 Å². The molecule has 0 saturated heterocycles. The van der Waals surface area contributed by atoms with E-state index in [4.69, 9.17) is 9.47 Å². The molecule has 9 nitrogen and oxygen atoms in total. The Morgan fingerprint density at radius 3 is 2.62 bits per heavy atom. The summed E-state index contributed by atoms with van der Waals surface area (Å²) in [5.74, 6) is 0.933. The van der Waals surface area contributed by atoms with Crippen LogP contribution in [0, 0.1) is 0 Å². The van der Waals surface area contributed by atoms with Crippen LogP contribution in [0.4, 0.5) is 0 Å².